The molecular formula is C24H27FN4O2. The molecule has 1 aromatic heterocycles. The van der Waals surface area contributed by atoms with Crippen molar-refractivity contribution in [3.63, 3.8) is 0 Å². The van der Waals surface area contributed by atoms with E-state index in [0.717, 1.165) is 16.8 Å². The van der Waals surface area contributed by atoms with Gasteiger partial charge in [-0.25, -0.2) is 4.39 Å². The lowest BCUT2D eigenvalue weighted by molar-refractivity contribution is -0.0483. The summed E-state index contributed by atoms with van der Waals surface area (Å²) in [6, 6.07) is 16.4. The number of aliphatic imine (C=N–C) groups is 1. The number of hydrogen-bond acceptors (Lipinski definition) is 4. The fourth-order valence-corrected chi connectivity index (χ4v) is 3.90. The zero-order chi connectivity index (χ0) is 22.0. The number of nitrogens with zero attached hydrogens (tertiary/aromatic N) is 3. The molecule has 7 heteroatoms. The first-order chi connectivity index (χ1) is 14.9. The van der Waals surface area contributed by atoms with E-state index in [0.29, 0.717) is 30.5 Å². The number of hydrogen-bond donors (Lipinski definition) is 1. The molecule has 0 saturated carbocycles. The number of benzene rings is 2. The Bertz CT molecular complexity index is 1050. The first-order valence-corrected chi connectivity index (χ1v) is 10.5. The summed E-state index contributed by atoms with van der Waals surface area (Å²) in [4.78, 5) is 6.40. The first kappa shape index (κ1) is 21.1. The Morgan fingerprint density at radius 3 is 2.48 bits per heavy atom. The van der Waals surface area contributed by atoms with Crippen molar-refractivity contribution in [2.45, 2.75) is 38.9 Å². The van der Waals surface area contributed by atoms with Crippen molar-refractivity contribution in [1.29, 1.82) is 0 Å². The van der Waals surface area contributed by atoms with Gasteiger partial charge in [-0.2, -0.15) is 4.99 Å². The summed E-state index contributed by atoms with van der Waals surface area (Å²) >= 11 is 0. The Hall–Kier alpha value is -3.19. The van der Waals surface area contributed by atoms with E-state index in [1.54, 1.807) is 18.2 Å². The molecule has 162 valence electrons. The van der Waals surface area contributed by atoms with Gasteiger partial charge >= 0.3 is 0 Å². The quantitative estimate of drug-likeness (QED) is 0.488. The smallest absolute Gasteiger partial charge is 0.253 e. The molecule has 3 atom stereocenters. The predicted octanol–water partition coefficient (Wildman–Crippen LogP) is 4.69. The molecule has 0 spiro atoms. The Morgan fingerprint density at radius 1 is 1.13 bits per heavy atom. The van der Waals surface area contributed by atoms with Crippen LogP contribution in [-0.2, 0) is 4.74 Å². The number of nitrogens with two attached hydrogens (primary N) is 1. The van der Waals surface area contributed by atoms with Gasteiger partial charge in [0, 0.05) is 30.6 Å². The normalized spacial score (nSPS) is 20.6. The molecule has 1 fully saturated rings. The molecule has 3 aromatic rings. The summed E-state index contributed by atoms with van der Waals surface area (Å²) in [6.07, 6.45) is 0.185. The number of morpholine rings is 1. The molecule has 31 heavy (non-hydrogen) atoms. The molecule has 4 rings (SSSR count). The average Bonchev–Trinajstić information content (AvgIpc) is 3.21. The summed E-state index contributed by atoms with van der Waals surface area (Å²) in [5.41, 5.74) is 9.41. The van der Waals surface area contributed by atoms with Crippen LogP contribution in [0.25, 0.3) is 11.1 Å². The third kappa shape index (κ3) is 4.77. The highest BCUT2D eigenvalue weighted by Gasteiger charge is 2.24. The fourth-order valence-electron chi connectivity index (χ4n) is 3.90. The van der Waals surface area contributed by atoms with Crippen LogP contribution in [0.3, 0.4) is 0 Å². The van der Waals surface area contributed by atoms with Crippen molar-refractivity contribution in [3.8, 4) is 11.1 Å². The topological polar surface area (TPSA) is 76.9 Å². The molecule has 0 radical (unpaired) electrons. The number of guanidine groups is 1. The third-order valence-corrected chi connectivity index (χ3v) is 5.52. The van der Waals surface area contributed by atoms with E-state index < -0.39 is 0 Å². The first-order valence-electron chi connectivity index (χ1n) is 10.5. The van der Waals surface area contributed by atoms with Crippen LogP contribution in [-0.4, -0.2) is 41.3 Å². The zero-order valence-electron chi connectivity index (χ0n) is 18.0. The van der Waals surface area contributed by atoms with E-state index in [1.165, 1.54) is 6.07 Å². The van der Waals surface area contributed by atoms with Gasteiger partial charge in [-0.05, 0) is 31.0 Å². The molecule has 2 aromatic carbocycles. The molecular weight excluding hydrogens is 395 g/mol. The number of ether oxygens (including phenoxy) is 1. The fraction of sp³-hybridized carbons (Fsp3) is 0.333. The lowest BCUT2D eigenvalue weighted by Crippen LogP contribution is -2.50. The van der Waals surface area contributed by atoms with Crippen molar-refractivity contribution in [1.82, 2.24) is 10.1 Å². The van der Waals surface area contributed by atoms with Crippen LogP contribution in [0.15, 0.2) is 64.1 Å². The van der Waals surface area contributed by atoms with Crippen molar-refractivity contribution >= 4 is 11.8 Å². The van der Waals surface area contributed by atoms with Crippen LogP contribution in [0, 0.1) is 5.82 Å². The Balaban J connectivity index is 1.48. The molecule has 1 aliphatic rings. The van der Waals surface area contributed by atoms with Crippen molar-refractivity contribution < 1.29 is 13.7 Å². The van der Waals surface area contributed by atoms with E-state index >= 15 is 0 Å². The lowest BCUT2D eigenvalue weighted by atomic mass is 9.95. The third-order valence-electron chi connectivity index (χ3n) is 5.52. The van der Waals surface area contributed by atoms with Gasteiger partial charge in [0.1, 0.15) is 5.82 Å². The largest absolute Gasteiger partial charge is 0.372 e. The van der Waals surface area contributed by atoms with Gasteiger partial charge in [0.25, 0.3) is 5.88 Å². The summed E-state index contributed by atoms with van der Waals surface area (Å²) in [7, 11) is 0. The average molecular weight is 423 g/mol. The SMILES string of the molecule is CC1CN(C(N)=Nc2cc(C(C)c3ccc(-c4ccccc4F)cc3)no2)CC(C)O1. The standard InChI is InChI=1S/C24H27FN4O2/c1-15-13-29(14-16(2)30-15)24(26)27-23-12-22(28-31-23)17(3)18-8-10-19(11-9-18)20-6-4-5-7-21(20)25/h4-12,15-17H,13-14H2,1-3H3,(H2,26,27). The van der Waals surface area contributed by atoms with Crippen LogP contribution in [0.5, 0.6) is 0 Å². The monoisotopic (exact) mass is 422 g/mol. The van der Waals surface area contributed by atoms with Crippen molar-refractivity contribution in [2.75, 3.05) is 13.1 Å². The van der Waals surface area contributed by atoms with E-state index in [2.05, 4.69) is 10.1 Å². The molecule has 1 saturated heterocycles. The maximum Gasteiger partial charge on any atom is 0.253 e. The molecule has 3 unspecified atom stereocenters. The highest BCUT2D eigenvalue weighted by atomic mass is 19.1. The Morgan fingerprint density at radius 2 is 1.81 bits per heavy atom. The van der Waals surface area contributed by atoms with E-state index in [1.807, 2.05) is 56.0 Å². The minimum atomic E-state index is -0.232. The minimum Gasteiger partial charge on any atom is -0.372 e. The van der Waals surface area contributed by atoms with Crippen LogP contribution >= 0.6 is 0 Å². The van der Waals surface area contributed by atoms with Gasteiger partial charge in [-0.1, -0.05) is 54.5 Å². The van der Waals surface area contributed by atoms with Gasteiger partial charge in [0.2, 0.25) is 0 Å². The number of halogens is 1. The van der Waals surface area contributed by atoms with Gasteiger partial charge in [0.05, 0.1) is 17.9 Å². The molecule has 2 heterocycles. The second kappa shape index (κ2) is 8.89. The van der Waals surface area contributed by atoms with Crippen LogP contribution in [0.1, 0.15) is 37.9 Å². The summed E-state index contributed by atoms with van der Waals surface area (Å²) in [5, 5.41) is 4.17. The maximum atomic E-state index is 14.0. The van der Waals surface area contributed by atoms with Gasteiger partial charge in [-0.3, -0.25) is 0 Å². The molecule has 1 aliphatic heterocycles. The highest BCUT2D eigenvalue weighted by Crippen LogP contribution is 2.29. The zero-order valence-corrected chi connectivity index (χ0v) is 18.0. The number of aromatic nitrogens is 1. The molecule has 0 aliphatic carbocycles. The summed E-state index contributed by atoms with van der Waals surface area (Å²) in [6.45, 7) is 7.44. The van der Waals surface area contributed by atoms with Crippen LogP contribution < -0.4 is 5.73 Å². The summed E-state index contributed by atoms with van der Waals surface area (Å²) in [5.74, 6) is 0.525. The van der Waals surface area contributed by atoms with Gasteiger partial charge in [0.15, 0.2) is 5.96 Å². The second-order valence-electron chi connectivity index (χ2n) is 8.05. The van der Waals surface area contributed by atoms with E-state index in [4.69, 9.17) is 15.0 Å². The maximum absolute atomic E-state index is 14.0. The summed E-state index contributed by atoms with van der Waals surface area (Å²) < 4.78 is 25.2. The highest BCUT2D eigenvalue weighted by molar-refractivity contribution is 5.80. The molecule has 6 nitrogen and oxygen atoms in total. The minimum absolute atomic E-state index is 0.00738. The second-order valence-corrected chi connectivity index (χ2v) is 8.05. The van der Waals surface area contributed by atoms with Crippen molar-refractivity contribution in [3.05, 3.63) is 71.7 Å². The van der Waals surface area contributed by atoms with Crippen LogP contribution in [0.2, 0.25) is 0 Å². The molecule has 2 N–H and O–H groups in total. The van der Waals surface area contributed by atoms with Gasteiger partial charge < -0.3 is 19.9 Å². The molecule has 0 amide bonds. The van der Waals surface area contributed by atoms with E-state index in [-0.39, 0.29) is 23.9 Å². The van der Waals surface area contributed by atoms with Gasteiger partial charge in [-0.15, -0.1) is 0 Å². The van der Waals surface area contributed by atoms with Crippen molar-refractivity contribution in [2.24, 2.45) is 10.7 Å². The van der Waals surface area contributed by atoms with E-state index in [9.17, 15) is 4.39 Å². The predicted molar refractivity (Wildman–Crippen MR) is 119 cm³/mol. The lowest BCUT2D eigenvalue weighted by Gasteiger charge is -2.35. The van der Waals surface area contributed by atoms with Crippen LogP contribution in [0.4, 0.5) is 10.3 Å². The Labute approximate surface area is 181 Å². The number of rotatable bonds is 4. The Kier molecular flexibility index (Phi) is 6.04. The molecule has 0 bridgehead atoms.